The minimum Gasteiger partial charge on any atom is -0.497 e. The van der Waals surface area contributed by atoms with Crippen LogP contribution in [-0.4, -0.2) is 28.1 Å². The van der Waals surface area contributed by atoms with Gasteiger partial charge in [0.25, 0.3) is 11.6 Å². The molecule has 0 saturated heterocycles. The molecule has 0 aliphatic carbocycles. The van der Waals surface area contributed by atoms with E-state index >= 15 is 0 Å². The highest BCUT2D eigenvalue weighted by atomic mass is 16.6. The van der Waals surface area contributed by atoms with E-state index in [2.05, 4.69) is 15.5 Å². The predicted molar refractivity (Wildman–Crippen MR) is 93.0 cm³/mol. The Morgan fingerprint density at radius 3 is 2.65 bits per heavy atom. The summed E-state index contributed by atoms with van der Waals surface area (Å²) in [4.78, 5) is 22.9. The molecule has 1 aliphatic heterocycles. The van der Waals surface area contributed by atoms with Crippen molar-refractivity contribution in [3.05, 3.63) is 75.5 Å². The van der Waals surface area contributed by atoms with E-state index in [9.17, 15) is 14.9 Å². The number of H-pyrrole nitrogens is 1. The molecule has 26 heavy (non-hydrogen) atoms. The van der Waals surface area contributed by atoms with Crippen LogP contribution < -0.4 is 10.1 Å². The van der Waals surface area contributed by atoms with Crippen LogP contribution in [-0.2, 0) is 0 Å². The Morgan fingerprint density at radius 2 is 1.96 bits per heavy atom. The van der Waals surface area contributed by atoms with E-state index in [1.54, 1.807) is 19.2 Å². The van der Waals surface area contributed by atoms with Crippen LogP contribution in [0.5, 0.6) is 5.75 Å². The van der Waals surface area contributed by atoms with Crippen molar-refractivity contribution >= 4 is 11.6 Å². The minimum atomic E-state index is -0.506. The maximum Gasteiger partial charge on any atom is 0.270 e. The van der Waals surface area contributed by atoms with Crippen molar-refractivity contribution < 1.29 is 14.5 Å². The van der Waals surface area contributed by atoms with Gasteiger partial charge in [-0.15, -0.1) is 0 Å². The summed E-state index contributed by atoms with van der Waals surface area (Å²) in [6.07, 6.45) is 0. The summed E-state index contributed by atoms with van der Waals surface area (Å²) in [7, 11) is 1.59. The summed E-state index contributed by atoms with van der Waals surface area (Å²) >= 11 is 0. The second-order valence-electron chi connectivity index (χ2n) is 5.85. The molecular formula is C18H14N4O4. The standard InChI is InChI=1S/C18H14N4O4/c1-26-13-7-5-10(6-8-13)16-14-15(19-18(23)17(14)21-20-16)11-3-2-4-12(9-11)22(24)25/h2-9,15H,1H3,(H,19,23)(H,20,21)/t15-/m0/s1. The van der Waals surface area contributed by atoms with Crippen molar-refractivity contribution in [3.8, 4) is 17.0 Å². The number of carbonyl (C=O) groups excluding carboxylic acids is 1. The van der Waals surface area contributed by atoms with Gasteiger partial charge in [-0.3, -0.25) is 20.0 Å². The fourth-order valence-corrected chi connectivity index (χ4v) is 3.12. The molecule has 2 N–H and O–H groups in total. The molecule has 4 rings (SSSR count). The van der Waals surface area contributed by atoms with E-state index in [-0.39, 0.29) is 11.6 Å². The molecule has 8 heteroatoms. The van der Waals surface area contributed by atoms with Gasteiger partial charge in [0.1, 0.15) is 11.4 Å². The fraction of sp³-hybridized carbons (Fsp3) is 0.111. The van der Waals surface area contributed by atoms with Gasteiger partial charge in [0.2, 0.25) is 0 Å². The maximum absolute atomic E-state index is 12.3. The van der Waals surface area contributed by atoms with Crippen LogP contribution in [0.15, 0.2) is 48.5 Å². The molecule has 0 radical (unpaired) electrons. The molecule has 0 saturated carbocycles. The van der Waals surface area contributed by atoms with E-state index in [4.69, 9.17) is 4.74 Å². The second kappa shape index (κ2) is 5.99. The molecular weight excluding hydrogens is 336 g/mol. The van der Waals surface area contributed by atoms with E-state index < -0.39 is 11.0 Å². The number of benzene rings is 2. The minimum absolute atomic E-state index is 0.0281. The number of amides is 1. The van der Waals surface area contributed by atoms with E-state index in [1.165, 1.54) is 12.1 Å². The first-order valence-electron chi connectivity index (χ1n) is 7.86. The highest BCUT2D eigenvalue weighted by Crippen LogP contribution is 2.38. The quantitative estimate of drug-likeness (QED) is 0.555. The first kappa shape index (κ1) is 15.8. The number of aromatic nitrogens is 2. The zero-order valence-corrected chi connectivity index (χ0v) is 13.7. The lowest BCUT2D eigenvalue weighted by atomic mass is 9.96. The van der Waals surface area contributed by atoms with Crippen LogP contribution in [0.25, 0.3) is 11.3 Å². The van der Waals surface area contributed by atoms with Crippen LogP contribution >= 0.6 is 0 Å². The molecule has 1 atom stereocenters. The van der Waals surface area contributed by atoms with Crippen LogP contribution in [0, 0.1) is 10.1 Å². The number of nitrogens with one attached hydrogen (secondary N) is 2. The van der Waals surface area contributed by atoms with Crippen molar-refractivity contribution in [2.24, 2.45) is 0 Å². The maximum atomic E-state index is 12.3. The van der Waals surface area contributed by atoms with E-state index in [0.717, 1.165) is 5.56 Å². The number of non-ortho nitro benzene ring substituents is 1. The van der Waals surface area contributed by atoms with E-state index in [1.807, 2.05) is 24.3 Å². The Labute approximate surface area is 148 Å². The van der Waals surface area contributed by atoms with Gasteiger partial charge in [-0.25, -0.2) is 0 Å². The lowest BCUT2D eigenvalue weighted by molar-refractivity contribution is -0.384. The SMILES string of the molecule is COc1ccc(-c2n[nH]c3c2[C@H](c2cccc([N+](=O)[O-])c2)NC3=O)cc1. The second-order valence-corrected chi connectivity index (χ2v) is 5.85. The molecule has 0 bridgehead atoms. The largest absolute Gasteiger partial charge is 0.497 e. The van der Waals surface area contributed by atoms with Gasteiger partial charge in [0.05, 0.1) is 23.8 Å². The first-order chi connectivity index (χ1) is 12.6. The number of hydrogen-bond donors (Lipinski definition) is 2. The third kappa shape index (κ3) is 2.48. The number of nitro groups is 1. The molecule has 3 aromatic rings. The number of carbonyl (C=O) groups is 1. The Kier molecular flexibility index (Phi) is 3.65. The van der Waals surface area contributed by atoms with Crippen molar-refractivity contribution in [2.45, 2.75) is 6.04 Å². The normalized spacial score (nSPS) is 15.4. The Hall–Kier alpha value is -3.68. The number of fused-ring (bicyclic) bond motifs is 1. The lowest BCUT2D eigenvalue weighted by Gasteiger charge is -2.13. The monoisotopic (exact) mass is 350 g/mol. The summed E-state index contributed by atoms with van der Waals surface area (Å²) in [6.45, 7) is 0. The van der Waals surface area contributed by atoms with Gasteiger partial charge < -0.3 is 10.1 Å². The topological polar surface area (TPSA) is 110 Å². The Bertz CT molecular complexity index is 1010. The average Bonchev–Trinajstić information content (AvgIpc) is 3.23. The molecule has 1 amide bonds. The van der Waals surface area contributed by atoms with Crippen LogP contribution in [0.3, 0.4) is 0 Å². The third-order valence-electron chi connectivity index (χ3n) is 4.37. The van der Waals surface area contributed by atoms with Gasteiger partial charge in [0.15, 0.2) is 0 Å². The van der Waals surface area contributed by atoms with Gasteiger partial charge in [-0.1, -0.05) is 12.1 Å². The van der Waals surface area contributed by atoms with Gasteiger partial charge >= 0.3 is 0 Å². The molecule has 1 aromatic heterocycles. The summed E-state index contributed by atoms with van der Waals surface area (Å²) in [6, 6.07) is 13.0. The molecule has 0 unspecified atom stereocenters. The van der Waals surface area contributed by atoms with E-state index in [0.29, 0.717) is 28.3 Å². The summed E-state index contributed by atoms with van der Waals surface area (Å²) < 4.78 is 5.16. The highest BCUT2D eigenvalue weighted by Gasteiger charge is 2.35. The number of nitrogens with zero attached hydrogens (tertiary/aromatic N) is 2. The number of methoxy groups -OCH3 is 1. The molecule has 2 aromatic carbocycles. The summed E-state index contributed by atoms with van der Waals surface area (Å²) in [5.41, 5.74) is 3.09. The molecule has 8 nitrogen and oxygen atoms in total. The average molecular weight is 350 g/mol. The van der Waals surface area contributed by atoms with Crippen LogP contribution in [0.1, 0.15) is 27.7 Å². The molecule has 1 aliphatic rings. The number of ether oxygens (including phenoxy) is 1. The first-order valence-corrected chi connectivity index (χ1v) is 7.86. The van der Waals surface area contributed by atoms with Gasteiger partial charge in [-0.05, 0) is 29.8 Å². The molecule has 130 valence electrons. The van der Waals surface area contributed by atoms with Crippen molar-refractivity contribution in [1.82, 2.24) is 15.5 Å². The zero-order chi connectivity index (χ0) is 18.3. The molecule has 0 spiro atoms. The molecule has 2 heterocycles. The number of nitro benzene ring substituents is 1. The van der Waals surface area contributed by atoms with Crippen LogP contribution in [0.4, 0.5) is 5.69 Å². The van der Waals surface area contributed by atoms with Crippen molar-refractivity contribution in [3.63, 3.8) is 0 Å². The number of aromatic amines is 1. The summed E-state index contributed by atoms with van der Waals surface area (Å²) in [5, 5.41) is 21.0. The van der Waals surface area contributed by atoms with Crippen molar-refractivity contribution in [2.75, 3.05) is 7.11 Å². The molecule has 0 fully saturated rings. The zero-order valence-electron chi connectivity index (χ0n) is 13.7. The lowest BCUT2D eigenvalue weighted by Crippen LogP contribution is -2.21. The Balaban J connectivity index is 1.81. The predicted octanol–water partition coefficient (Wildman–Crippen LogP) is 2.83. The third-order valence-corrected chi connectivity index (χ3v) is 4.37. The van der Waals surface area contributed by atoms with Gasteiger partial charge in [-0.2, -0.15) is 5.10 Å². The highest BCUT2D eigenvalue weighted by molar-refractivity contribution is 6.00. The smallest absolute Gasteiger partial charge is 0.270 e. The van der Waals surface area contributed by atoms with Crippen molar-refractivity contribution in [1.29, 1.82) is 0 Å². The van der Waals surface area contributed by atoms with Crippen LogP contribution in [0.2, 0.25) is 0 Å². The number of hydrogen-bond acceptors (Lipinski definition) is 5. The summed E-state index contributed by atoms with van der Waals surface area (Å²) in [5.74, 6) is 0.425. The Morgan fingerprint density at radius 1 is 1.19 bits per heavy atom. The van der Waals surface area contributed by atoms with Gasteiger partial charge in [0, 0.05) is 23.3 Å². The number of rotatable bonds is 4. The fourth-order valence-electron chi connectivity index (χ4n) is 3.12.